The Morgan fingerprint density at radius 3 is 2.83 bits per heavy atom. The van der Waals surface area contributed by atoms with Gasteiger partial charge in [-0.3, -0.25) is 0 Å². The zero-order valence-corrected chi connectivity index (χ0v) is 9.08. The highest BCUT2D eigenvalue weighted by Crippen LogP contribution is 2.20. The molecule has 0 spiro atoms. The van der Waals surface area contributed by atoms with Crippen LogP contribution in [0.5, 0.6) is 0 Å². The van der Waals surface area contributed by atoms with Crippen LogP contribution in [-0.2, 0) is 4.55 Å². The number of rotatable bonds is 1. The molecule has 1 nitrogen and oxygen atoms in total. The zero-order chi connectivity index (χ0) is 8.55. The summed E-state index contributed by atoms with van der Waals surface area (Å²) < 4.78 is 3.29. The Kier molecular flexibility index (Phi) is 2.09. The Morgan fingerprint density at radius 2 is 2.08 bits per heavy atom. The first-order valence-corrected chi connectivity index (χ1v) is 5.46. The number of alkyl halides is 1. The Labute approximate surface area is 85.5 Å². The number of halogens is 1. The van der Waals surface area contributed by atoms with Crippen LogP contribution < -0.4 is 0 Å². The van der Waals surface area contributed by atoms with Crippen molar-refractivity contribution in [3.8, 4) is 0 Å². The predicted molar refractivity (Wildman–Crippen MR) is 60.7 cm³/mol. The third-order valence-electron chi connectivity index (χ3n) is 2.12. The maximum Gasteiger partial charge on any atom is 0.0742 e. The fourth-order valence-corrected chi connectivity index (χ4v) is 2.09. The van der Waals surface area contributed by atoms with Crippen LogP contribution in [0.1, 0.15) is 5.56 Å². The monoisotopic (exact) mass is 271 g/mol. The van der Waals surface area contributed by atoms with Gasteiger partial charge in [0, 0.05) is 17.1 Å². The molecular formula is C10H10IN. The number of nitrogens with zero attached hydrogens (tertiary/aromatic N) is 1. The van der Waals surface area contributed by atoms with Crippen molar-refractivity contribution >= 4 is 33.5 Å². The Balaban J connectivity index is 2.82. The van der Waals surface area contributed by atoms with Crippen molar-refractivity contribution in [2.45, 2.75) is 11.5 Å². The number of fused-ring (bicyclic) bond motifs is 1. The zero-order valence-electron chi connectivity index (χ0n) is 6.92. The van der Waals surface area contributed by atoms with E-state index in [0.29, 0.717) is 0 Å². The lowest BCUT2D eigenvalue weighted by atomic mass is 10.2. The van der Waals surface area contributed by atoms with Crippen molar-refractivity contribution < 1.29 is 0 Å². The first-order valence-electron chi connectivity index (χ1n) is 3.93. The van der Waals surface area contributed by atoms with Crippen LogP contribution in [0.2, 0.25) is 0 Å². The summed E-state index contributed by atoms with van der Waals surface area (Å²) in [6.45, 7) is 2.16. The Hall–Kier alpha value is -0.510. The maximum atomic E-state index is 2.38. The molecule has 12 heavy (non-hydrogen) atoms. The van der Waals surface area contributed by atoms with Gasteiger partial charge in [0.25, 0.3) is 0 Å². The molecule has 0 atom stereocenters. The average Bonchev–Trinajstić information content (AvgIpc) is 2.44. The van der Waals surface area contributed by atoms with Crippen LogP contribution in [0, 0.1) is 6.92 Å². The van der Waals surface area contributed by atoms with Gasteiger partial charge in [0.2, 0.25) is 0 Å². The molecular weight excluding hydrogens is 261 g/mol. The normalized spacial score (nSPS) is 10.8. The topological polar surface area (TPSA) is 4.93 Å². The first-order chi connectivity index (χ1) is 5.83. The Bertz CT molecular complexity index is 403. The quantitative estimate of drug-likeness (QED) is 0.553. The van der Waals surface area contributed by atoms with E-state index in [2.05, 4.69) is 64.5 Å². The number of benzene rings is 1. The van der Waals surface area contributed by atoms with E-state index in [1.54, 1.807) is 0 Å². The summed E-state index contributed by atoms with van der Waals surface area (Å²) >= 11 is 2.38. The fourth-order valence-electron chi connectivity index (χ4n) is 1.53. The van der Waals surface area contributed by atoms with E-state index in [1.807, 2.05) is 0 Å². The van der Waals surface area contributed by atoms with Crippen LogP contribution in [0.4, 0.5) is 0 Å². The fraction of sp³-hybridized carbons (Fsp3) is 0.200. The van der Waals surface area contributed by atoms with Gasteiger partial charge in [-0.1, -0.05) is 40.8 Å². The van der Waals surface area contributed by atoms with E-state index < -0.39 is 0 Å². The summed E-state index contributed by atoms with van der Waals surface area (Å²) in [6.07, 6.45) is 2.21. The molecule has 2 aromatic rings. The molecule has 0 aliphatic carbocycles. The van der Waals surface area contributed by atoms with Gasteiger partial charge in [-0.25, -0.2) is 0 Å². The minimum Gasteiger partial charge on any atom is -0.338 e. The summed E-state index contributed by atoms with van der Waals surface area (Å²) in [7, 11) is 0. The molecule has 0 saturated heterocycles. The van der Waals surface area contributed by atoms with E-state index in [9.17, 15) is 0 Å². The van der Waals surface area contributed by atoms with Crippen LogP contribution in [0.25, 0.3) is 10.9 Å². The van der Waals surface area contributed by atoms with Crippen LogP contribution in [-0.4, -0.2) is 4.57 Å². The molecule has 0 saturated carbocycles. The van der Waals surface area contributed by atoms with Crippen LogP contribution >= 0.6 is 22.6 Å². The summed E-state index contributed by atoms with van der Waals surface area (Å²) in [6, 6.07) is 8.52. The smallest absolute Gasteiger partial charge is 0.0742 e. The van der Waals surface area contributed by atoms with E-state index in [1.165, 1.54) is 16.5 Å². The highest BCUT2D eigenvalue weighted by atomic mass is 127. The van der Waals surface area contributed by atoms with Gasteiger partial charge in [-0.2, -0.15) is 0 Å². The molecule has 2 rings (SSSR count). The summed E-state index contributed by atoms with van der Waals surface area (Å²) in [4.78, 5) is 0. The molecule has 0 unspecified atom stereocenters. The number of para-hydroxylation sites is 1. The molecule has 0 fully saturated rings. The predicted octanol–water partition coefficient (Wildman–Crippen LogP) is 3.34. The number of hydrogen-bond acceptors (Lipinski definition) is 0. The molecule has 2 heteroatoms. The molecule has 1 heterocycles. The second-order valence-electron chi connectivity index (χ2n) is 2.92. The lowest BCUT2D eigenvalue weighted by molar-refractivity contribution is 0.964. The largest absolute Gasteiger partial charge is 0.338 e. The highest BCUT2D eigenvalue weighted by Gasteiger charge is 2.01. The van der Waals surface area contributed by atoms with E-state index in [4.69, 9.17) is 0 Å². The first kappa shape index (κ1) is 8.10. The lowest BCUT2D eigenvalue weighted by Crippen LogP contribution is -1.86. The molecule has 0 aliphatic rings. The third kappa shape index (κ3) is 1.14. The van der Waals surface area contributed by atoms with Crippen LogP contribution in [0.15, 0.2) is 30.5 Å². The molecule has 0 radical (unpaired) electrons. The summed E-state index contributed by atoms with van der Waals surface area (Å²) in [5.74, 6) is 0. The second kappa shape index (κ2) is 3.09. The molecule has 1 aromatic heterocycles. The van der Waals surface area contributed by atoms with Crippen molar-refractivity contribution in [3.63, 3.8) is 0 Å². The SMILES string of the molecule is Cc1cn(CI)c2ccccc12. The molecule has 0 aliphatic heterocycles. The van der Waals surface area contributed by atoms with Gasteiger partial charge >= 0.3 is 0 Å². The second-order valence-corrected chi connectivity index (χ2v) is 3.60. The third-order valence-corrected chi connectivity index (χ3v) is 2.85. The van der Waals surface area contributed by atoms with E-state index >= 15 is 0 Å². The van der Waals surface area contributed by atoms with Crippen molar-refractivity contribution in [3.05, 3.63) is 36.0 Å². The van der Waals surface area contributed by atoms with Gasteiger partial charge in [0.15, 0.2) is 0 Å². The minimum atomic E-state index is 1.02. The minimum absolute atomic E-state index is 1.02. The van der Waals surface area contributed by atoms with Crippen LogP contribution in [0.3, 0.4) is 0 Å². The van der Waals surface area contributed by atoms with E-state index in [-0.39, 0.29) is 0 Å². The van der Waals surface area contributed by atoms with Crippen molar-refractivity contribution in [1.82, 2.24) is 4.57 Å². The summed E-state index contributed by atoms with van der Waals surface area (Å²) in [5, 5.41) is 1.37. The van der Waals surface area contributed by atoms with Crippen molar-refractivity contribution in [2.75, 3.05) is 0 Å². The standard InChI is InChI=1S/C10H10IN/c1-8-6-12(7-11)10-5-3-2-4-9(8)10/h2-6H,7H2,1H3. The summed E-state index contributed by atoms with van der Waals surface area (Å²) in [5.41, 5.74) is 2.70. The average molecular weight is 271 g/mol. The highest BCUT2D eigenvalue weighted by molar-refractivity contribution is 14.1. The van der Waals surface area contributed by atoms with Gasteiger partial charge in [0.05, 0.1) is 4.55 Å². The molecule has 62 valence electrons. The maximum absolute atomic E-state index is 2.38. The number of aromatic nitrogens is 1. The van der Waals surface area contributed by atoms with Gasteiger partial charge in [-0.05, 0) is 18.6 Å². The van der Waals surface area contributed by atoms with Gasteiger partial charge in [0.1, 0.15) is 0 Å². The van der Waals surface area contributed by atoms with Crippen molar-refractivity contribution in [2.24, 2.45) is 0 Å². The van der Waals surface area contributed by atoms with E-state index in [0.717, 1.165) is 4.55 Å². The van der Waals surface area contributed by atoms with Gasteiger partial charge in [-0.15, -0.1) is 0 Å². The molecule has 0 amide bonds. The molecule has 0 N–H and O–H groups in total. The lowest BCUT2D eigenvalue weighted by Gasteiger charge is -1.96. The molecule has 1 aromatic carbocycles. The van der Waals surface area contributed by atoms with Crippen molar-refractivity contribution in [1.29, 1.82) is 0 Å². The van der Waals surface area contributed by atoms with Gasteiger partial charge < -0.3 is 4.57 Å². The molecule has 0 bridgehead atoms. The number of aryl methyl sites for hydroxylation is 1. The number of hydrogen-bond donors (Lipinski definition) is 0. The Morgan fingerprint density at radius 1 is 1.33 bits per heavy atom.